The Morgan fingerprint density at radius 2 is 1.40 bits per heavy atom. The lowest BCUT2D eigenvalue weighted by molar-refractivity contribution is -0.114. The lowest BCUT2D eigenvalue weighted by Gasteiger charge is -2.24. The van der Waals surface area contributed by atoms with Crippen molar-refractivity contribution in [3.8, 4) is 0 Å². The maximum absolute atomic E-state index is 12.8. The van der Waals surface area contributed by atoms with Crippen LogP contribution in [0, 0.1) is 27.7 Å². The summed E-state index contributed by atoms with van der Waals surface area (Å²) < 4.78 is 54.0. The molecule has 186 valence electrons. The van der Waals surface area contributed by atoms with Gasteiger partial charge in [-0.15, -0.1) is 0 Å². The number of carbonyl (C=O) groups is 1. The smallest absolute Gasteiger partial charge is 0.261 e. The maximum Gasteiger partial charge on any atom is 0.261 e. The summed E-state index contributed by atoms with van der Waals surface area (Å²) >= 11 is 0. The van der Waals surface area contributed by atoms with E-state index in [0.717, 1.165) is 32.8 Å². The van der Waals surface area contributed by atoms with Crippen molar-refractivity contribution in [1.82, 2.24) is 0 Å². The highest BCUT2D eigenvalue weighted by Gasteiger charge is 2.23. The monoisotopic (exact) mass is 515 g/mol. The van der Waals surface area contributed by atoms with Gasteiger partial charge in [0.15, 0.2) is 0 Å². The van der Waals surface area contributed by atoms with Crippen LogP contribution >= 0.6 is 0 Å². The SMILES string of the molecule is Cc1ccc(N(CC(=O)Nc2ccc(S(=O)(=O)Nc3cc(C)ccc3C)cc2)S(C)(=O)=O)c(C)c1. The van der Waals surface area contributed by atoms with Gasteiger partial charge in [-0.05, 0) is 80.8 Å². The van der Waals surface area contributed by atoms with Gasteiger partial charge in [-0.2, -0.15) is 0 Å². The van der Waals surface area contributed by atoms with Crippen LogP contribution in [-0.2, 0) is 24.8 Å². The van der Waals surface area contributed by atoms with E-state index in [4.69, 9.17) is 0 Å². The molecule has 0 aliphatic carbocycles. The molecule has 0 fully saturated rings. The third kappa shape index (κ3) is 6.61. The first-order valence-electron chi connectivity index (χ1n) is 10.8. The van der Waals surface area contributed by atoms with Gasteiger partial charge in [-0.3, -0.25) is 13.8 Å². The van der Waals surface area contributed by atoms with Gasteiger partial charge in [0.05, 0.1) is 22.5 Å². The Labute approximate surface area is 207 Å². The summed E-state index contributed by atoms with van der Waals surface area (Å²) in [6, 6.07) is 16.4. The number of anilines is 3. The van der Waals surface area contributed by atoms with E-state index in [2.05, 4.69) is 10.0 Å². The lowest BCUT2D eigenvalue weighted by Crippen LogP contribution is -2.37. The minimum absolute atomic E-state index is 0.0319. The van der Waals surface area contributed by atoms with Crippen LogP contribution in [0.15, 0.2) is 65.6 Å². The van der Waals surface area contributed by atoms with Gasteiger partial charge in [-0.25, -0.2) is 16.8 Å². The van der Waals surface area contributed by atoms with Crippen molar-refractivity contribution in [1.29, 1.82) is 0 Å². The van der Waals surface area contributed by atoms with Gasteiger partial charge >= 0.3 is 0 Å². The highest BCUT2D eigenvalue weighted by Crippen LogP contribution is 2.24. The van der Waals surface area contributed by atoms with E-state index in [1.165, 1.54) is 24.3 Å². The van der Waals surface area contributed by atoms with E-state index < -0.39 is 32.5 Å². The summed E-state index contributed by atoms with van der Waals surface area (Å²) in [6.45, 7) is 6.95. The molecule has 0 radical (unpaired) electrons. The van der Waals surface area contributed by atoms with E-state index in [0.29, 0.717) is 17.1 Å². The van der Waals surface area contributed by atoms with Crippen LogP contribution < -0.4 is 14.3 Å². The van der Waals surface area contributed by atoms with Crippen molar-refractivity contribution in [3.63, 3.8) is 0 Å². The molecule has 3 aromatic carbocycles. The first-order valence-corrected chi connectivity index (χ1v) is 14.1. The van der Waals surface area contributed by atoms with E-state index in [1.54, 1.807) is 25.1 Å². The second kappa shape index (κ2) is 10.1. The number of benzene rings is 3. The van der Waals surface area contributed by atoms with Crippen LogP contribution in [0.4, 0.5) is 17.1 Å². The highest BCUT2D eigenvalue weighted by molar-refractivity contribution is 7.92. The van der Waals surface area contributed by atoms with Crippen molar-refractivity contribution in [3.05, 3.63) is 82.9 Å². The minimum Gasteiger partial charge on any atom is -0.325 e. The molecular formula is C25H29N3O5S2. The number of nitrogens with one attached hydrogen (secondary N) is 2. The average molecular weight is 516 g/mol. The minimum atomic E-state index is -3.83. The van der Waals surface area contributed by atoms with Crippen molar-refractivity contribution in [2.45, 2.75) is 32.6 Å². The van der Waals surface area contributed by atoms with Gasteiger partial charge in [0.1, 0.15) is 6.54 Å². The van der Waals surface area contributed by atoms with Crippen molar-refractivity contribution >= 4 is 43.0 Å². The molecule has 0 saturated heterocycles. The Balaban J connectivity index is 1.75. The molecule has 0 atom stereocenters. The standard InChI is InChI=1S/C25H29N3O5S2/c1-17-7-13-24(20(4)14-17)28(34(5,30)31)16-25(29)26-21-9-11-22(12-10-21)35(32,33)27-23-15-18(2)6-8-19(23)3/h6-15,27H,16H2,1-5H3,(H,26,29). The fourth-order valence-electron chi connectivity index (χ4n) is 3.56. The molecule has 0 heterocycles. The van der Waals surface area contributed by atoms with Gasteiger partial charge in [0, 0.05) is 5.69 Å². The summed E-state index contributed by atoms with van der Waals surface area (Å²) in [7, 11) is -7.55. The molecule has 0 bridgehead atoms. The molecule has 0 aromatic heterocycles. The van der Waals surface area contributed by atoms with Crippen molar-refractivity contribution in [2.75, 3.05) is 27.1 Å². The highest BCUT2D eigenvalue weighted by atomic mass is 32.2. The Kier molecular flexibility index (Phi) is 7.56. The normalized spacial score (nSPS) is 11.7. The van der Waals surface area contributed by atoms with Crippen LogP contribution in [0.5, 0.6) is 0 Å². The van der Waals surface area contributed by atoms with Crippen LogP contribution in [0.1, 0.15) is 22.3 Å². The predicted molar refractivity (Wildman–Crippen MR) is 140 cm³/mol. The van der Waals surface area contributed by atoms with Crippen molar-refractivity contribution in [2.24, 2.45) is 0 Å². The van der Waals surface area contributed by atoms with Crippen LogP contribution in [0.2, 0.25) is 0 Å². The Hall–Kier alpha value is -3.37. The van der Waals surface area contributed by atoms with Gasteiger partial charge in [-0.1, -0.05) is 29.8 Å². The second-order valence-corrected chi connectivity index (χ2v) is 12.1. The second-order valence-electron chi connectivity index (χ2n) is 8.56. The van der Waals surface area contributed by atoms with Crippen LogP contribution in [-0.4, -0.2) is 35.5 Å². The average Bonchev–Trinajstić information content (AvgIpc) is 2.74. The topological polar surface area (TPSA) is 113 Å². The first kappa shape index (κ1) is 26.2. The number of nitrogens with zero attached hydrogens (tertiary/aromatic N) is 1. The lowest BCUT2D eigenvalue weighted by atomic mass is 10.1. The summed E-state index contributed by atoms with van der Waals surface area (Å²) in [5.74, 6) is -0.556. The molecule has 8 nitrogen and oxygen atoms in total. The van der Waals surface area contributed by atoms with Crippen LogP contribution in [0.3, 0.4) is 0 Å². The van der Waals surface area contributed by atoms with Crippen LogP contribution in [0.25, 0.3) is 0 Å². The fourth-order valence-corrected chi connectivity index (χ4v) is 5.60. The zero-order chi connectivity index (χ0) is 26.0. The van der Waals surface area contributed by atoms with Gasteiger partial charge in [0.25, 0.3) is 10.0 Å². The molecule has 3 rings (SSSR count). The molecule has 2 N–H and O–H groups in total. The van der Waals surface area contributed by atoms with Gasteiger partial charge in [0.2, 0.25) is 15.9 Å². The number of rotatable bonds is 8. The number of amides is 1. The molecule has 0 unspecified atom stereocenters. The summed E-state index contributed by atoms with van der Waals surface area (Å²) in [5, 5.41) is 2.63. The predicted octanol–water partition coefficient (Wildman–Crippen LogP) is 4.13. The van der Waals surface area contributed by atoms with Crippen molar-refractivity contribution < 1.29 is 21.6 Å². The Morgan fingerprint density at radius 1 is 0.800 bits per heavy atom. The fraction of sp³-hybridized carbons (Fsp3) is 0.240. The molecular weight excluding hydrogens is 486 g/mol. The molecule has 0 aliphatic rings. The molecule has 0 spiro atoms. The summed E-state index contributed by atoms with van der Waals surface area (Å²) in [5.41, 5.74) is 4.69. The van der Waals surface area contributed by atoms with E-state index >= 15 is 0 Å². The zero-order valence-electron chi connectivity index (χ0n) is 20.3. The van der Waals surface area contributed by atoms with E-state index in [-0.39, 0.29) is 4.90 Å². The Bertz CT molecular complexity index is 1470. The number of hydrogen-bond acceptors (Lipinski definition) is 5. The first-order chi connectivity index (χ1) is 16.3. The quantitative estimate of drug-likeness (QED) is 0.469. The Morgan fingerprint density at radius 3 is 2.00 bits per heavy atom. The molecule has 0 aliphatic heterocycles. The summed E-state index contributed by atoms with van der Waals surface area (Å²) in [4.78, 5) is 12.7. The summed E-state index contributed by atoms with van der Waals surface area (Å²) in [6.07, 6.45) is 1.04. The third-order valence-electron chi connectivity index (χ3n) is 5.39. The molecule has 3 aromatic rings. The van der Waals surface area contributed by atoms with E-state index in [9.17, 15) is 21.6 Å². The largest absolute Gasteiger partial charge is 0.325 e. The van der Waals surface area contributed by atoms with Gasteiger partial charge < -0.3 is 5.32 Å². The zero-order valence-corrected chi connectivity index (χ0v) is 21.9. The number of hydrogen-bond donors (Lipinski definition) is 2. The number of carbonyl (C=O) groups excluding carboxylic acids is 1. The molecule has 0 saturated carbocycles. The van der Waals surface area contributed by atoms with E-state index in [1.807, 2.05) is 39.0 Å². The molecule has 35 heavy (non-hydrogen) atoms. The third-order valence-corrected chi connectivity index (χ3v) is 7.90. The maximum atomic E-state index is 12.8. The molecule has 1 amide bonds. The number of aryl methyl sites for hydroxylation is 4. The molecule has 10 heteroatoms. The number of sulfonamides is 2.